The van der Waals surface area contributed by atoms with Crippen molar-refractivity contribution in [1.29, 1.82) is 0 Å². The Hall–Kier alpha value is -2.98. The molecule has 0 aromatic heterocycles. The van der Waals surface area contributed by atoms with E-state index in [1.165, 1.54) is 5.56 Å². The molecule has 3 aromatic rings. The Labute approximate surface area is 166 Å². The van der Waals surface area contributed by atoms with Crippen molar-refractivity contribution >= 4 is 5.69 Å². The van der Waals surface area contributed by atoms with E-state index in [4.69, 9.17) is 9.47 Å². The van der Waals surface area contributed by atoms with Gasteiger partial charge in [-0.1, -0.05) is 36.4 Å². The fourth-order valence-electron chi connectivity index (χ4n) is 3.49. The number of piperazine rings is 1. The van der Waals surface area contributed by atoms with Gasteiger partial charge in [0.25, 0.3) is 0 Å². The fraction of sp³-hybridized carbons (Fsp3) is 0.250. The molecule has 1 saturated heterocycles. The standard InChI is InChI=1S/C24H26N2O2/c1-25-14-16-26(17-15-25)23-13-8-20(19-6-4-3-5-7-19)18-24(23)28-22-11-9-21(27-2)10-12-22/h3-13,18H,14-17H2,1-2H3. The van der Waals surface area contributed by atoms with Crippen molar-refractivity contribution in [2.45, 2.75) is 0 Å². The van der Waals surface area contributed by atoms with Crippen molar-refractivity contribution < 1.29 is 9.47 Å². The van der Waals surface area contributed by atoms with Gasteiger partial charge in [-0.15, -0.1) is 0 Å². The van der Waals surface area contributed by atoms with Gasteiger partial charge in [0.15, 0.2) is 5.75 Å². The zero-order valence-corrected chi connectivity index (χ0v) is 16.5. The third-order valence-electron chi connectivity index (χ3n) is 5.20. The van der Waals surface area contributed by atoms with E-state index in [1.54, 1.807) is 7.11 Å². The minimum Gasteiger partial charge on any atom is -0.497 e. The summed E-state index contributed by atoms with van der Waals surface area (Å²) >= 11 is 0. The van der Waals surface area contributed by atoms with Gasteiger partial charge in [-0.05, 0) is 54.6 Å². The van der Waals surface area contributed by atoms with Gasteiger partial charge in [0.05, 0.1) is 12.8 Å². The predicted molar refractivity (Wildman–Crippen MR) is 115 cm³/mol. The highest BCUT2D eigenvalue weighted by atomic mass is 16.5. The van der Waals surface area contributed by atoms with Crippen LogP contribution in [0.25, 0.3) is 11.1 Å². The second-order valence-corrected chi connectivity index (χ2v) is 7.12. The molecule has 0 atom stereocenters. The van der Waals surface area contributed by atoms with E-state index in [0.717, 1.165) is 54.7 Å². The summed E-state index contributed by atoms with van der Waals surface area (Å²) < 4.78 is 11.6. The molecular formula is C24H26N2O2. The minimum atomic E-state index is 0.807. The minimum absolute atomic E-state index is 0.807. The second-order valence-electron chi connectivity index (χ2n) is 7.12. The Balaban J connectivity index is 1.68. The van der Waals surface area contributed by atoms with Crippen LogP contribution < -0.4 is 14.4 Å². The van der Waals surface area contributed by atoms with Gasteiger partial charge in [-0.2, -0.15) is 0 Å². The van der Waals surface area contributed by atoms with Crippen LogP contribution in [0.2, 0.25) is 0 Å². The van der Waals surface area contributed by atoms with Crippen LogP contribution in [0.1, 0.15) is 0 Å². The van der Waals surface area contributed by atoms with Crippen LogP contribution in [0, 0.1) is 0 Å². The van der Waals surface area contributed by atoms with Gasteiger partial charge in [-0.25, -0.2) is 0 Å². The third kappa shape index (κ3) is 4.12. The molecule has 3 aromatic carbocycles. The van der Waals surface area contributed by atoms with Crippen LogP contribution in [0.5, 0.6) is 17.2 Å². The lowest BCUT2D eigenvalue weighted by Gasteiger charge is -2.35. The molecule has 1 heterocycles. The van der Waals surface area contributed by atoms with Crippen LogP contribution >= 0.6 is 0 Å². The summed E-state index contributed by atoms with van der Waals surface area (Å²) in [6.45, 7) is 4.12. The number of anilines is 1. The van der Waals surface area contributed by atoms with E-state index < -0.39 is 0 Å². The molecular weight excluding hydrogens is 348 g/mol. The smallest absolute Gasteiger partial charge is 0.151 e. The number of hydrogen-bond acceptors (Lipinski definition) is 4. The van der Waals surface area contributed by atoms with E-state index >= 15 is 0 Å². The average molecular weight is 374 g/mol. The normalized spacial score (nSPS) is 14.7. The first-order valence-electron chi connectivity index (χ1n) is 9.68. The maximum absolute atomic E-state index is 6.34. The fourth-order valence-corrected chi connectivity index (χ4v) is 3.49. The largest absolute Gasteiger partial charge is 0.497 e. The van der Waals surface area contributed by atoms with E-state index in [-0.39, 0.29) is 0 Å². The number of nitrogens with zero attached hydrogens (tertiary/aromatic N) is 2. The topological polar surface area (TPSA) is 24.9 Å². The number of methoxy groups -OCH3 is 1. The molecule has 0 unspecified atom stereocenters. The molecule has 1 fully saturated rings. The molecule has 0 bridgehead atoms. The summed E-state index contributed by atoms with van der Waals surface area (Å²) in [6.07, 6.45) is 0. The Morgan fingerprint density at radius 3 is 2.07 bits per heavy atom. The van der Waals surface area contributed by atoms with Crippen LogP contribution in [0.3, 0.4) is 0 Å². The summed E-state index contributed by atoms with van der Waals surface area (Å²) in [5.41, 5.74) is 3.48. The molecule has 0 saturated carbocycles. The van der Waals surface area contributed by atoms with Gasteiger partial charge in [0.1, 0.15) is 11.5 Å². The summed E-state index contributed by atoms with van der Waals surface area (Å²) in [6, 6.07) is 24.7. The molecule has 1 aliphatic heterocycles. The first kappa shape index (κ1) is 18.4. The van der Waals surface area contributed by atoms with Crippen molar-refractivity contribution in [2.24, 2.45) is 0 Å². The maximum Gasteiger partial charge on any atom is 0.151 e. The van der Waals surface area contributed by atoms with Gasteiger partial charge in [-0.3, -0.25) is 0 Å². The third-order valence-corrected chi connectivity index (χ3v) is 5.20. The number of ether oxygens (including phenoxy) is 2. The molecule has 0 spiro atoms. The van der Waals surface area contributed by atoms with Crippen molar-refractivity contribution in [3.8, 4) is 28.4 Å². The predicted octanol–water partition coefficient (Wildman–Crippen LogP) is 4.91. The highest BCUT2D eigenvalue weighted by Crippen LogP contribution is 2.37. The molecule has 1 aliphatic rings. The first-order chi connectivity index (χ1) is 13.7. The van der Waals surface area contributed by atoms with Gasteiger partial charge in [0.2, 0.25) is 0 Å². The van der Waals surface area contributed by atoms with Gasteiger partial charge < -0.3 is 19.3 Å². The lowest BCUT2D eigenvalue weighted by atomic mass is 10.0. The molecule has 4 rings (SSSR count). The van der Waals surface area contributed by atoms with Crippen LogP contribution in [-0.4, -0.2) is 45.2 Å². The van der Waals surface area contributed by atoms with Crippen LogP contribution in [0.15, 0.2) is 72.8 Å². The highest BCUT2D eigenvalue weighted by Gasteiger charge is 2.19. The molecule has 0 aliphatic carbocycles. The van der Waals surface area contributed by atoms with Gasteiger partial charge >= 0.3 is 0 Å². The van der Waals surface area contributed by atoms with E-state index in [2.05, 4.69) is 59.3 Å². The Morgan fingerprint density at radius 1 is 0.714 bits per heavy atom. The quantitative estimate of drug-likeness (QED) is 0.634. The Morgan fingerprint density at radius 2 is 1.39 bits per heavy atom. The second kappa shape index (κ2) is 8.36. The molecule has 144 valence electrons. The first-order valence-corrected chi connectivity index (χ1v) is 9.68. The van der Waals surface area contributed by atoms with Crippen LogP contribution in [-0.2, 0) is 0 Å². The monoisotopic (exact) mass is 374 g/mol. The van der Waals surface area contributed by atoms with E-state index in [1.807, 2.05) is 30.3 Å². The Bertz CT molecular complexity index is 902. The van der Waals surface area contributed by atoms with Crippen molar-refractivity contribution in [1.82, 2.24) is 4.90 Å². The summed E-state index contributed by atoms with van der Waals surface area (Å²) in [5, 5.41) is 0. The average Bonchev–Trinajstić information content (AvgIpc) is 2.76. The van der Waals surface area contributed by atoms with Crippen molar-refractivity contribution in [2.75, 3.05) is 45.2 Å². The van der Waals surface area contributed by atoms with Gasteiger partial charge in [0, 0.05) is 26.2 Å². The summed E-state index contributed by atoms with van der Waals surface area (Å²) in [7, 11) is 3.84. The summed E-state index contributed by atoms with van der Waals surface area (Å²) in [5.74, 6) is 2.52. The zero-order valence-electron chi connectivity index (χ0n) is 16.5. The number of likely N-dealkylation sites (N-methyl/N-ethyl adjacent to an activating group) is 1. The van der Waals surface area contributed by atoms with E-state index in [9.17, 15) is 0 Å². The summed E-state index contributed by atoms with van der Waals surface area (Å²) in [4.78, 5) is 4.77. The Kier molecular flexibility index (Phi) is 5.49. The number of benzene rings is 3. The molecule has 0 amide bonds. The van der Waals surface area contributed by atoms with E-state index in [0.29, 0.717) is 0 Å². The molecule has 0 N–H and O–H groups in total. The van der Waals surface area contributed by atoms with Crippen LogP contribution in [0.4, 0.5) is 5.69 Å². The maximum atomic E-state index is 6.34. The highest BCUT2D eigenvalue weighted by molar-refractivity contribution is 5.72. The lowest BCUT2D eigenvalue weighted by Crippen LogP contribution is -2.44. The van der Waals surface area contributed by atoms with Crippen molar-refractivity contribution in [3.63, 3.8) is 0 Å². The molecule has 4 heteroatoms. The number of rotatable bonds is 5. The lowest BCUT2D eigenvalue weighted by molar-refractivity contribution is 0.312. The van der Waals surface area contributed by atoms with Crippen molar-refractivity contribution in [3.05, 3.63) is 72.8 Å². The molecule has 0 radical (unpaired) electrons. The molecule has 4 nitrogen and oxygen atoms in total. The number of hydrogen-bond donors (Lipinski definition) is 0. The SMILES string of the molecule is COc1ccc(Oc2cc(-c3ccccc3)ccc2N2CCN(C)CC2)cc1. The zero-order chi connectivity index (χ0) is 19.3. The molecule has 28 heavy (non-hydrogen) atoms.